The number of amides is 1. The molecule has 1 aliphatic heterocycles. The van der Waals surface area contributed by atoms with E-state index >= 15 is 0 Å². The maximum Gasteiger partial charge on any atom is 0.269 e. The van der Waals surface area contributed by atoms with Gasteiger partial charge in [-0.3, -0.25) is 14.9 Å². The van der Waals surface area contributed by atoms with Crippen LogP contribution in [0.1, 0.15) is 19.8 Å². The van der Waals surface area contributed by atoms with E-state index in [1.54, 1.807) is 4.90 Å². The van der Waals surface area contributed by atoms with Crippen molar-refractivity contribution in [1.29, 1.82) is 0 Å². The van der Waals surface area contributed by atoms with E-state index in [1.165, 1.54) is 0 Å². The molecular weight excluding hydrogens is 384 g/mol. The summed E-state index contributed by atoms with van der Waals surface area (Å²) in [6.07, 6.45) is 0.907. The van der Waals surface area contributed by atoms with Gasteiger partial charge in [0.2, 0.25) is 15.9 Å². The molecule has 1 aromatic rings. The van der Waals surface area contributed by atoms with Gasteiger partial charge in [0.25, 0.3) is 5.69 Å². The quantitative estimate of drug-likeness (QED) is 0.509. The fraction of sp³-hybridized carbons (Fsp3) is 0.533. The molecule has 0 saturated carbocycles. The van der Waals surface area contributed by atoms with Gasteiger partial charge < -0.3 is 10.6 Å². The summed E-state index contributed by atoms with van der Waals surface area (Å²) in [6, 6.07) is 4.68. The fourth-order valence-electron chi connectivity index (χ4n) is 2.93. The van der Waals surface area contributed by atoms with Gasteiger partial charge in [-0.1, -0.05) is 0 Å². The van der Waals surface area contributed by atoms with Crippen LogP contribution in [0.2, 0.25) is 0 Å². The van der Waals surface area contributed by atoms with Gasteiger partial charge in [-0.15, -0.1) is 12.4 Å². The lowest BCUT2D eigenvalue weighted by molar-refractivity contribution is -0.384. The van der Waals surface area contributed by atoms with Crippen molar-refractivity contribution in [3.8, 4) is 0 Å². The number of hydrogen-bond acceptors (Lipinski definition) is 6. The largest absolute Gasteiger partial charge is 0.340 e. The first-order valence-electron chi connectivity index (χ1n) is 7.98. The molecule has 1 aromatic carbocycles. The molecular formula is C15H23ClN4O5S. The van der Waals surface area contributed by atoms with Crippen LogP contribution in [0.4, 0.5) is 5.69 Å². The summed E-state index contributed by atoms with van der Waals surface area (Å²) in [5.41, 5.74) is 5.45. The molecule has 1 aliphatic rings. The molecule has 0 spiro atoms. The van der Waals surface area contributed by atoms with E-state index in [2.05, 4.69) is 4.72 Å². The molecule has 11 heteroatoms. The molecule has 0 aromatic heterocycles. The van der Waals surface area contributed by atoms with Crippen LogP contribution in [-0.4, -0.2) is 49.8 Å². The van der Waals surface area contributed by atoms with Crippen LogP contribution in [0, 0.1) is 16.0 Å². The first-order valence-corrected chi connectivity index (χ1v) is 9.46. The van der Waals surface area contributed by atoms with Crippen molar-refractivity contribution in [2.24, 2.45) is 11.7 Å². The molecule has 3 N–H and O–H groups in total. The number of rotatable bonds is 7. The van der Waals surface area contributed by atoms with E-state index in [9.17, 15) is 23.3 Å². The van der Waals surface area contributed by atoms with Crippen molar-refractivity contribution in [3.05, 3.63) is 34.4 Å². The van der Waals surface area contributed by atoms with Crippen LogP contribution < -0.4 is 10.5 Å². The Bertz CT molecular complexity index is 741. The molecule has 1 amide bonds. The number of nitrogens with one attached hydrogen (secondary N) is 1. The highest BCUT2D eigenvalue weighted by Crippen LogP contribution is 2.22. The Labute approximate surface area is 158 Å². The lowest BCUT2D eigenvalue weighted by Gasteiger charge is -2.21. The standard InChI is InChI=1S/C15H22N4O5S.ClH/c1-11-8-12(9-16)10-18(11)15(20)6-7-17-25(23,24)14-4-2-13(3-5-14)19(21)22;/h2-5,11-12,17H,6-10,16H2,1H3;1H. The SMILES string of the molecule is CC1CC(CN)CN1C(=O)CCNS(=O)(=O)c1ccc([N+](=O)[O-])cc1.Cl. The predicted molar refractivity (Wildman–Crippen MR) is 98.5 cm³/mol. The number of likely N-dealkylation sites (tertiary alicyclic amines) is 1. The lowest BCUT2D eigenvalue weighted by atomic mass is 10.1. The molecule has 146 valence electrons. The van der Waals surface area contributed by atoms with Crippen LogP contribution in [0.25, 0.3) is 0 Å². The molecule has 1 saturated heterocycles. The minimum Gasteiger partial charge on any atom is -0.340 e. The highest BCUT2D eigenvalue weighted by Gasteiger charge is 2.31. The smallest absolute Gasteiger partial charge is 0.269 e. The number of sulfonamides is 1. The van der Waals surface area contributed by atoms with Crippen molar-refractivity contribution in [2.75, 3.05) is 19.6 Å². The number of nitro groups is 1. The summed E-state index contributed by atoms with van der Waals surface area (Å²) < 4.78 is 26.7. The summed E-state index contributed by atoms with van der Waals surface area (Å²) in [5, 5.41) is 10.6. The monoisotopic (exact) mass is 406 g/mol. The van der Waals surface area contributed by atoms with Crippen LogP contribution in [-0.2, 0) is 14.8 Å². The Morgan fingerprint density at radius 2 is 2.00 bits per heavy atom. The minimum atomic E-state index is -3.81. The highest BCUT2D eigenvalue weighted by molar-refractivity contribution is 7.89. The predicted octanol–water partition coefficient (Wildman–Crippen LogP) is 0.881. The molecule has 9 nitrogen and oxygen atoms in total. The molecule has 0 aliphatic carbocycles. The summed E-state index contributed by atoms with van der Waals surface area (Å²) in [6.45, 7) is 3.05. The molecule has 2 unspecified atom stereocenters. The van der Waals surface area contributed by atoms with Gasteiger partial charge in [0, 0.05) is 37.7 Å². The van der Waals surface area contributed by atoms with Crippen molar-refractivity contribution >= 4 is 34.0 Å². The van der Waals surface area contributed by atoms with E-state index in [-0.39, 0.29) is 53.8 Å². The van der Waals surface area contributed by atoms with Gasteiger partial charge in [0.15, 0.2) is 0 Å². The Kier molecular flexibility index (Phi) is 7.94. The molecule has 0 bridgehead atoms. The summed E-state index contributed by atoms with van der Waals surface area (Å²) in [7, 11) is -3.81. The Hall–Kier alpha value is -1.75. The number of carbonyl (C=O) groups excluding carboxylic acids is 1. The summed E-state index contributed by atoms with van der Waals surface area (Å²) in [5.74, 6) is 0.172. The van der Waals surface area contributed by atoms with Crippen LogP contribution in [0.3, 0.4) is 0 Å². The number of nitro benzene ring substituents is 1. The zero-order chi connectivity index (χ0) is 18.6. The van der Waals surface area contributed by atoms with Crippen molar-refractivity contribution in [1.82, 2.24) is 9.62 Å². The normalized spacial score (nSPS) is 19.8. The highest BCUT2D eigenvalue weighted by atomic mass is 35.5. The third kappa shape index (κ3) is 5.37. The first kappa shape index (κ1) is 22.3. The topological polar surface area (TPSA) is 136 Å². The number of benzene rings is 1. The maximum absolute atomic E-state index is 12.2. The molecule has 1 heterocycles. The molecule has 0 radical (unpaired) electrons. The molecule has 2 rings (SSSR count). The van der Waals surface area contributed by atoms with Crippen LogP contribution in [0.15, 0.2) is 29.2 Å². The zero-order valence-electron chi connectivity index (χ0n) is 14.3. The number of hydrogen-bond donors (Lipinski definition) is 2. The second-order valence-corrected chi connectivity index (χ2v) is 7.90. The summed E-state index contributed by atoms with van der Waals surface area (Å²) >= 11 is 0. The first-order chi connectivity index (χ1) is 11.7. The van der Waals surface area contributed by atoms with Gasteiger partial charge in [0.1, 0.15) is 0 Å². The van der Waals surface area contributed by atoms with E-state index in [0.29, 0.717) is 13.1 Å². The van der Waals surface area contributed by atoms with Gasteiger partial charge in [-0.05, 0) is 37.9 Å². The molecule has 26 heavy (non-hydrogen) atoms. The number of nitrogens with zero attached hydrogens (tertiary/aromatic N) is 2. The van der Waals surface area contributed by atoms with Gasteiger partial charge in [-0.25, -0.2) is 13.1 Å². The van der Waals surface area contributed by atoms with Crippen LogP contribution >= 0.6 is 12.4 Å². The van der Waals surface area contributed by atoms with Gasteiger partial charge >= 0.3 is 0 Å². The second kappa shape index (κ2) is 9.26. The Morgan fingerprint density at radius 3 is 2.50 bits per heavy atom. The lowest BCUT2D eigenvalue weighted by Crippen LogP contribution is -2.37. The average Bonchev–Trinajstić information content (AvgIpc) is 2.95. The third-order valence-corrected chi connectivity index (χ3v) is 5.78. The minimum absolute atomic E-state index is 0. The number of carbonyl (C=O) groups is 1. The third-order valence-electron chi connectivity index (χ3n) is 4.30. The average molecular weight is 407 g/mol. The fourth-order valence-corrected chi connectivity index (χ4v) is 3.96. The summed E-state index contributed by atoms with van der Waals surface area (Å²) in [4.78, 5) is 23.9. The second-order valence-electron chi connectivity index (χ2n) is 6.13. The Balaban J connectivity index is 0.00000338. The number of halogens is 1. The van der Waals surface area contributed by atoms with E-state index in [0.717, 1.165) is 30.7 Å². The number of nitrogens with two attached hydrogens (primary N) is 1. The van der Waals surface area contributed by atoms with Crippen molar-refractivity contribution in [3.63, 3.8) is 0 Å². The van der Waals surface area contributed by atoms with Gasteiger partial charge in [0.05, 0.1) is 9.82 Å². The van der Waals surface area contributed by atoms with E-state index in [1.807, 2.05) is 6.92 Å². The maximum atomic E-state index is 12.2. The van der Waals surface area contributed by atoms with Crippen molar-refractivity contribution in [2.45, 2.75) is 30.7 Å². The van der Waals surface area contributed by atoms with E-state index in [4.69, 9.17) is 5.73 Å². The molecule has 2 atom stereocenters. The zero-order valence-corrected chi connectivity index (χ0v) is 16.0. The van der Waals surface area contributed by atoms with Crippen LogP contribution in [0.5, 0.6) is 0 Å². The van der Waals surface area contributed by atoms with Gasteiger partial charge in [-0.2, -0.15) is 0 Å². The number of non-ortho nitro benzene ring substituents is 1. The van der Waals surface area contributed by atoms with Crippen molar-refractivity contribution < 1.29 is 18.1 Å². The Morgan fingerprint density at radius 1 is 1.38 bits per heavy atom. The molecule has 1 fully saturated rings. The van der Waals surface area contributed by atoms with E-state index < -0.39 is 14.9 Å².